The van der Waals surface area contributed by atoms with Gasteiger partial charge in [0.25, 0.3) is 0 Å². The molecule has 1 aromatic carbocycles. The van der Waals surface area contributed by atoms with Gasteiger partial charge in [0.05, 0.1) is 12.7 Å². The first kappa shape index (κ1) is 14.3. The van der Waals surface area contributed by atoms with Gasteiger partial charge in [-0.05, 0) is 24.5 Å². The molecule has 18 heavy (non-hydrogen) atoms. The number of hydrogen-bond donors (Lipinski definition) is 1. The van der Waals surface area contributed by atoms with E-state index in [0.29, 0.717) is 12.0 Å². The van der Waals surface area contributed by atoms with Crippen LogP contribution in [-0.2, 0) is 4.74 Å². The van der Waals surface area contributed by atoms with E-state index in [2.05, 4.69) is 35.1 Å². The van der Waals surface area contributed by atoms with Gasteiger partial charge in [-0.2, -0.15) is 0 Å². The second kappa shape index (κ2) is 6.38. The molecule has 2 nitrogen and oxygen atoms in total. The number of benzene rings is 1. The van der Waals surface area contributed by atoms with E-state index in [9.17, 15) is 0 Å². The maximum absolute atomic E-state index is 6.25. The average molecular weight is 333 g/mol. The Bertz CT molecular complexity index is 403. The first-order chi connectivity index (χ1) is 8.56. The average Bonchev–Trinajstić information content (AvgIpc) is 2.30. The third-order valence-electron chi connectivity index (χ3n) is 3.16. The minimum atomic E-state index is 0.0639. The zero-order valence-corrected chi connectivity index (χ0v) is 13.1. The van der Waals surface area contributed by atoms with Gasteiger partial charge >= 0.3 is 0 Å². The Kier molecular flexibility index (Phi) is 5.07. The van der Waals surface area contributed by atoms with E-state index in [4.69, 9.17) is 16.3 Å². The lowest BCUT2D eigenvalue weighted by Crippen LogP contribution is -2.43. The van der Waals surface area contributed by atoms with Crippen molar-refractivity contribution in [3.8, 4) is 0 Å². The van der Waals surface area contributed by atoms with E-state index in [0.717, 1.165) is 34.6 Å². The molecule has 1 N–H and O–H groups in total. The van der Waals surface area contributed by atoms with E-state index < -0.39 is 0 Å². The van der Waals surface area contributed by atoms with Gasteiger partial charge in [-0.3, -0.25) is 0 Å². The molecule has 0 radical (unpaired) electrons. The van der Waals surface area contributed by atoms with Crippen molar-refractivity contribution in [3.05, 3.63) is 33.3 Å². The molecule has 1 heterocycles. The van der Waals surface area contributed by atoms with E-state index in [1.807, 2.05) is 18.2 Å². The summed E-state index contributed by atoms with van der Waals surface area (Å²) in [5, 5.41) is 4.31. The maximum Gasteiger partial charge on any atom is 0.0964 e. The van der Waals surface area contributed by atoms with Crippen LogP contribution in [0.3, 0.4) is 0 Å². The highest BCUT2D eigenvalue weighted by molar-refractivity contribution is 9.10. The van der Waals surface area contributed by atoms with Crippen LogP contribution in [0.4, 0.5) is 0 Å². The van der Waals surface area contributed by atoms with Gasteiger partial charge < -0.3 is 10.1 Å². The van der Waals surface area contributed by atoms with Crippen molar-refractivity contribution in [3.63, 3.8) is 0 Å². The zero-order valence-electron chi connectivity index (χ0n) is 10.7. The van der Waals surface area contributed by atoms with Crippen molar-refractivity contribution in [1.29, 1.82) is 0 Å². The predicted molar refractivity (Wildman–Crippen MR) is 79.1 cm³/mol. The lowest BCUT2D eigenvalue weighted by molar-refractivity contribution is -0.00126. The van der Waals surface area contributed by atoms with Crippen LogP contribution in [-0.4, -0.2) is 19.2 Å². The van der Waals surface area contributed by atoms with Crippen molar-refractivity contribution in [2.75, 3.05) is 13.2 Å². The minimum Gasteiger partial charge on any atom is -0.371 e. The zero-order chi connectivity index (χ0) is 13.1. The summed E-state index contributed by atoms with van der Waals surface area (Å²) < 4.78 is 6.93. The molecule has 1 fully saturated rings. The molecule has 0 saturated carbocycles. The quantitative estimate of drug-likeness (QED) is 0.896. The van der Waals surface area contributed by atoms with Crippen molar-refractivity contribution in [2.24, 2.45) is 5.92 Å². The number of nitrogens with one attached hydrogen (secondary N) is 1. The van der Waals surface area contributed by atoms with Gasteiger partial charge in [0.2, 0.25) is 0 Å². The Morgan fingerprint density at radius 1 is 1.50 bits per heavy atom. The lowest BCUT2D eigenvalue weighted by Gasteiger charge is -2.32. The van der Waals surface area contributed by atoms with E-state index in [-0.39, 0.29) is 6.10 Å². The van der Waals surface area contributed by atoms with Crippen molar-refractivity contribution < 1.29 is 4.74 Å². The molecule has 0 aromatic heterocycles. The minimum absolute atomic E-state index is 0.0639. The maximum atomic E-state index is 6.25. The summed E-state index contributed by atoms with van der Waals surface area (Å²) >= 11 is 9.66. The molecule has 4 heteroatoms. The molecule has 1 saturated heterocycles. The molecular formula is C14H19BrClNO. The normalized spacial score (nSPS) is 24.5. The van der Waals surface area contributed by atoms with Gasteiger partial charge in [0.1, 0.15) is 0 Å². The van der Waals surface area contributed by atoms with Crippen LogP contribution in [0.2, 0.25) is 5.02 Å². The fourth-order valence-corrected chi connectivity index (χ4v) is 3.10. The summed E-state index contributed by atoms with van der Waals surface area (Å²) in [6.45, 7) is 6.06. The first-order valence-electron chi connectivity index (χ1n) is 6.36. The summed E-state index contributed by atoms with van der Waals surface area (Å²) in [5.41, 5.74) is 1.07. The number of halogens is 2. The molecule has 1 aliphatic heterocycles. The molecule has 2 rings (SSSR count). The highest BCUT2D eigenvalue weighted by Crippen LogP contribution is 2.30. The predicted octanol–water partition coefficient (Wildman–Crippen LogP) is 4.18. The van der Waals surface area contributed by atoms with Gasteiger partial charge in [-0.1, -0.05) is 47.4 Å². The standard InChI is InChI=1S/C14H19BrClNO/c1-9(2)5-11-8-18-14(7-17-11)12-4-3-10(15)6-13(12)16/h3-4,6,9,11,14,17H,5,7-8H2,1-2H3. The Labute approximate surface area is 122 Å². The second-order valence-electron chi connectivity index (χ2n) is 5.22. The Morgan fingerprint density at radius 3 is 2.83 bits per heavy atom. The third-order valence-corrected chi connectivity index (χ3v) is 3.98. The van der Waals surface area contributed by atoms with Crippen molar-refractivity contribution in [1.82, 2.24) is 5.32 Å². The SMILES string of the molecule is CC(C)CC1COC(c2ccc(Br)cc2Cl)CN1. The van der Waals surface area contributed by atoms with Crippen LogP contribution in [0, 0.1) is 5.92 Å². The van der Waals surface area contributed by atoms with Gasteiger partial charge in [-0.25, -0.2) is 0 Å². The second-order valence-corrected chi connectivity index (χ2v) is 6.55. The molecular weight excluding hydrogens is 314 g/mol. The summed E-state index contributed by atoms with van der Waals surface area (Å²) in [5.74, 6) is 0.693. The molecule has 2 atom stereocenters. The van der Waals surface area contributed by atoms with Crippen LogP contribution in [0.1, 0.15) is 31.9 Å². The van der Waals surface area contributed by atoms with Crippen LogP contribution in [0.25, 0.3) is 0 Å². The number of morpholine rings is 1. The summed E-state index contributed by atoms with van der Waals surface area (Å²) in [6.07, 6.45) is 1.22. The highest BCUT2D eigenvalue weighted by atomic mass is 79.9. The largest absolute Gasteiger partial charge is 0.371 e. The van der Waals surface area contributed by atoms with E-state index in [1.54, 1.807) is 0 Å². The Hall–Kier alpha value is -0.0900. The summed E-state index contributed by atoms with van der Waals surface area (Å²) in [6, 6.07) is 6.42. The number of rotatable bonds is 3. The van der Waals surface area contributed by atoms with Crippen LogP contribution < -0.4 is 5.32 Å². The van der Waals surface area contributed by atoms with Crippen LogP contribution >= 0.6 is 27.5 Å². The van der Waals surface area contributed by atoms with Gasteiger partial charge in [0, 0.05) is 27.6 Å². The molecule has 100 valence electrons. The molecule has 0 spiro atoms. The molecule has 1 aliphatic rings. The highest BCUT2D eigenvalue weighted by Gasteiger charge is 2.24. The first-order valence-corrected chi connectivity index (χ1v) is 7.53. The van der Waals surface area contributed by atoms with Gasteiger partial charge in [-0.15, -0.1) is 0 Å². The van der Waals surface area contributed by atoms with E-state index in [1.165, 1.54) is 0 Å². The lowest BCUT2D eigenvalue weighted by atomic mass is 10.0. The van der Waals surface area contributed by atoms with Crippen molar-refractivity contribution >= 4 is 27.5 Å². The fraction of sp³-hybridized carbons (Fsp3) is 0.571. The van der Waals surface area contributed by atoms with E-state index >= 15 is 0 Å². The van der Waals surface area contributed by atoms with Crippen LogP contribution in [0.5, 0.6) is 0 Å². The number of hydrogen-bond acceptors (Lipinski definition) is 2. The third kappa shape index (κ3) is 3.70. The fourth-order valence-electron chi connectivity index (χ4n) is 2.31. The molecule has 0 aliphatic carbocycles. The molecule has 0 bridgehead atoms. The number of ether oxygens (including phenoxy) is 1. The molecule has 1 aromatic rings. The molecule has 2 unspecified atom stereocenters. The topological polar surface area (TPSA) is 21.3 Å². The Balaban J connectivity index is 1.97. The monoisotopic (exact) mass is 331 g/mol. The smallest absolute Gasteiger partial charge is 0.0964 e. The Morgan fingerprint density at radius 2 is 2.28 bits per heavy atom. The summed E-state index contributed by atoms with van der Waals surface area (Å²) in [7, 11) is 0. The van der Waals surface area contributed by atoms with Crippen LogP contribution in [0.15, 0.2) is 22.7 Å². The summed E-state index contributed by atoms with van der Waals surface area (Å²) in [4.78, 5) is 0. The van der Waals surface area contributed by atoms with Gasteiger partial charge in [0.15, 0.2) is 0 Å². The molecule has 0 amide bonds. The van der Waals surface area contributed by atoms with Crippen molar-refractivity contribution in [2.45, 2.75) is 32.4 Å².